The summed E-state index contributed by atoms with van der Waals surface area (Å²) < 4.78 is 5.06. The van der Waals surface area contributed by atoms with Gasteiger partial charge >= 0.3 is 0 Å². The van der Waals surface area contributed by atoms with Gasteiger partial charge in [-0.25, -0.2) is 0 Å². The van der Waals surface area contributed by atoms with Crippen LogP contribution in [0.3, 0.4) is 0 Å². The molecular formula is C15H16N2O3. The molecule has 1 aromatic carbocycles. The summed E-state index contributed by atoms with van der Waals surface area (Å²) in [6, 6.07) is 6.88. The van der Waals surface area contributed by atoms with Gasteiger partial charge in [-0.05, 0) is 31.2 Å². The smallest absolute Gasteiger partial charge is 0.269 e. The summed E-state index contributed by atoms with van der Waals surface area (Å²) in [7, 11) is 0. The van der Waals surface area contributed by atoms with E-state index in [2.05, 4.69) is 5.16 Å². The summed E-state index contributed by atoms with van der Waals surface area (Å²) in [5, 5.41) is 15.1. The van der Waals surface area contributed by atoms with E-state index in [1.807, 2.05) is 13.0 Å². The minimum atomic E-state index is -0.350. The Labute approximate surface area is 116 Å². The zero-order valence-corrected chi connectivity index (χ0v) is 11.3. The second-order valence-electron chi connectivity index (χ2n) is 5.40. The molecule has 1 heterocycles. The third kappa shape index (κ3) is 2.19. The van der Waals surface area contributed by atoms with E-state index in [0.717, 1.165) is 29.7 Å². The van der Waals surface area contributed by atoms with Gasteiger partial charge in [-0.15, -0.1) is 0 Å². The monoisotopic (exact) mass is 272 g/mol. The van der Waals surface area contributed by atoms with Crippen LogP contribution >= 0.6 is 0 Å². The first-order valence-electron chi connectivity index (χ1n) is 6.82. The first-order chi connectivity index (χ1) is 9.66. The third-order valence-electron chi connectivity index (χ3n) is 4.14. The molecule has 1 unspecified atom stereocenters. The molecule has 0 saturated heterocycles. The van der Waals surface area contributed by atoms with Gasteiger partial charge in [-0.2, -0.15) is 0 Å². The van der Waals surface area contributed by atoms with Gasteiger partial charge in [-0.1, -0.05) is 23.7 Å². The molecule has 0 amide bonds. The van der Waals surface area contributed by atoms with Gasteiger partial charge in [-0.3, -0.25) is 10.1 Å². The Balaban J connectivity index is 2.03. The van der Waals surface area contributed by atoms with E-state index in [9.17, 15) is 10.1 Å². The fourth-order valence-corrected chi connectivity index (χ4v) is 2.85. The Morgan fingerprint density at radius 1 is 1.45 bits per heavy atom. The van der Waals surface area contributed by atoms with Crippen molar-refractivity contribution in [3.05, 3.63) is 57.5 Å². The highest BCUT2D eigenvalue weighted by Crippen LogP contribution is 2.44. The highest BCUT2D eigenvalue weighted by Gasteiger charge is 2.33. The van der Waals surface area contributed by atoms with E-state index in [-0.39, 0.29) is 16.5 Å². The molecule has 3 rings (SSSR count). The zero-order chi connectivity index (χ0) is 14.1. The lowest BCUT2D eigenvalue weighted by Crippen LogP contribution is -2.22. The maximum Gasteiger partial charge on any atom is 0.269 e. The second kappa shape index (κ2) is 5.07. The van der Waals surface area contributed by atoms with Crippen LogP contribution < -0.4 is 0 Å². The standard InChI is InChI=1S/C15H16N2O3/c1-10-9-20-16-15(10)14(11-4-2-5-11)12-6-3-7-13(8-12)17(18)19/h3,6-9,11,14H,2,4-5H2,1H3. The zero-order valence-electron chi connectivity index (χ0n) is 11.3. The van der Waals surface area contributed by atoms with Gasteiger partial charge in [0.1, 0.15) is 6.26 Å². The van der Waals surface area contributed by atoms with Crippen LogP contribution in [0.5, 0.6) is 0 Å². The van der Waals surface area contributed by atoms with Crippen molar-refractivity contribution in [1.29, 1.82) is 0 Å². The molecule has 104 valence electrons. The molecule has 0 aliphatic heterocycles. The Morgan fingerprint density at radius 2 is 2.25 bits per heavy atom. The third-order valence-corrected chi connectivity index (χ3v) is 4.14. The summed E-state index contributed by atoms with van der Waals surface area (Å²) in [5.41, 5.74) is 3.01. The Kier molecular flexibility index (Phi) is 3.26. The van der Waals surface area contributed by atoms with Crippen LogP contribution in [0.1, 0.15) is 42.0 Å². The molecule has 0 radical (unpaired) electrons. The topological polar surface area (TPSA) is 69.2 Å². The molecule has 5 heteroatoms. The number of nitro groups is 1. The number of rotatable bonds is 4. The lowest BCUT2D eigenvalue weighted by atomic mass is 9.71. The normalized spacial score (nSPS) is 16.6. The van der Waals surface area contributed by atoms with Crippen molar-refractivity contribution in [2.45, 2.75) is 32.1 Å². The molecule has 0 spiro atoms. The minimum absolute atomic E-state index is 0.0994. The summed E-state index contributed by atoms with van der Waals surface area (Å²) in [5.74, 6) is 0.600. The van der Waals surface area contributed by atoms with E-state index >= 15 is 0 Å². The quantitative estimate of drug-likeness (QED) is 0.626. The summed E-state index contributed by atoms with van der Waals surface area (Å²) in [4.78, 5) is 10.6. The van der Waals surface area contributed by atoms with Crippen LogP contribution in [0.15, 0.2) is 35.1 Å². The molecule has 0 N–H and O–H groups in total. The summed E-state index contributed by atoms with van der Waals surface area (Å²) in [6.45, 7) is 1.97. The lowest BCUT2D eigenvalue weighted by molar-refractivity contribution is -0.384. The van der Waals surface area contributed by atoms with Crippen LogP contribution in [0, 0.1) is 23.0 Å². The Hall–Kier alpha value is -2.17. The molecular weight excluding hydrogens is 256 g/mol. The highest BCUT2D eigenvalue weighted by molar-refractivity contribution is 5.40. The second-order valence-corrected chi connectivity index (χ2v) is 5.40. The maximum absolute atomic E-state index is 11.0. The molecule has 2 aromatic rings. The predicted octanol–water partition coefficient (Wildman–Crippen LogP) is 3.82. The number of aromatic nitrogens is 1. The predicted molar refractivity (Wildman–Crippen MR) is 73.5 cm³/mol. The molecule has 1 atom stereocenters. The van der Waals surface area contributed by atoms with Crippen LogP contribution in [0.4, 0.5) is 5.69 Å². The Bertz CT molecular complexity index is 632. The lowest BCUT2D eigenvalue weighted by Gasteiger charge is -2.33. The SMILES string of the molecule is Cc1conc1C(c1cccc([N+](=O)[O-])c1)C1CCC1. The van der Waals surface area contributed by atoms with Gasteiger partial charge in [0.15, 0.2) is 0 Å². The number of hydrogen-bond acceptors (Lipinski definition) is 4. The average Bonchev–Trinajstić information content (AvgIpc) is 2.79. The van der Waals surface area contributed by atoms with Crippen LogP contribution in [0.2, 0.25) is 0 Å². The van der Waals surface area contributed by atoms with E-state index in [1.165, 1.54) is 12.5 Å². The molecule has 1 fully saturated rings. The van der Waals surface area contributed by atoms with Crippen molar-refractivity contribution in [2.75, 3.05) is 0 Å². The highest BCUT2D eigenvalue weighted by atomic mass is 16.6. The fraction of sp³-hybridized carbons (Fsp3) is 0.400. The van der Waals surface area contributed by atoms with Gasteiger partial charge < -0.3 is 4.52 Å². The van der Waals surface area contributed by atoms with Gasteiger partial charge in [0.2, 0.25) is 0 Å². The Morgan fingerprint density at radius 3 is 2.80 bits per heavy atom. The molecule has 1 aromatic heterocycles. The van der Waals surface area contributed by atoms with Crippen molar-refractivity contribution in [2.24, 2.45) is 5.92 Å². The fourth-order valence-electron chi connectivity index (χ4n) is 2.85. The van der Waals surface area contributed by atoms with Crippen molar-refractivity contribution in [3.8, 4) is 0 Å². The van der Waals surface area contributed by atoms with Crippen molar-refractivity contribution in [3.63, 3.8) is 0 Å². The van der Waals surface area contributed by atoms with Crippen LogP contribution in [-0.2, 0) is 0 Å². The molecule has 1 saturated carbocycles. The summed E-state index contributed by atoms with van der Waals surface area (Å²) >= 11 is 0. The molecule has 5 nitrogen and oxygen atoms in total. The summed E-state index contributed by atoms with van der Waals surface area (Å²) in [6.07, 6.45) is 5.13. The molecule has 1 aliphatic rings. The van der Waals surface area contributed by atoms with Crippen LogP contribution in [0.25, 0.3) is 0 Å². The number of nitro benzene ring substituents is 1. The van der Waals surface area contributed by atoms with E-state index in [1.54, 1.807) is 18.4 Å². The van der Waals surface area contributed by atoms with Crippen molar-refractivity contribution in [1.82, 2.24) is 5.16 Å². The largest absolute Gasteiger partial charge is 0.364 e. The van der Waals surface area contributed by atoms with Gasteiger partial charge in [0.25, 0.3) is 5.69 Å². The number of hydrogen-bond donors (Lipinski definition) is 0. The van der Waals surface area contributed by atoms with Crippen molar-refractivity contribution >= 4 is 5.69 Å². The average molecular weight is 272 g/mol. The van der Waals surface area contributed by atoms with Gasteiger partial charge in [0.05, 0.1) is 10.6 Å². The maximum atomic E-state index is 11.0. The minimum Gasteiger partial charge on any atom is -0.364 e. The van der Waals surface area contributed by atoms with Crippen molar-refractivity contribution < 1.29 is 9.45 Å². The molecule has 20 heavy (non-hydrogen) atoms. The van der Waals surface area contributed by atoms with E-state index < -0.39 is 0 Å². The number of benzene rings is 1. The molecule has 1 aliphatic carbocycles. The van der Waals surface area contributed by atoms with Crippen LogP contribution in [-0.4, -0.2) is 10.1 Å². The number of nitrogens with zero attached hydrogens (tertiary/aromatic N) is 2. The van der Waals surface area contributed by atoms with E-state index in [0.29, 0.717) is 5.92 Å². The van der Waals surface area contributed by atoms with E-state index in [4.69, 9.17) is 4.52 Å². The first kappa shape index (κ1) is 12.8. The number of aryl methyl sites for hydroxylation is 1. The number of non-ortho nitro benzene ring substituents is 1. The van der Waals surface area contributed by atoms with Gasteiger partial charge in [0, 0.05) is 23.6 Å². The first-order valence-corrected chi connectivity index (χ1v) is 6.82. The molecule has 0 bridgehead atoms.